The minimum atomic E-state index is -4.36. The van der Waals surface area contributed by atoms with Crippen LogP contribution in [-0.2, 0) is 4.74 Å². The van der Waals surface area contributed by atoms with Crippen LogP contribution in [0, 0.1) is 17.6 Å². The zero-order valence-electron chi connectivity index (χ0n) is 22.8. The number of halogens is 5. The van der Waals surface area contributed by atoms with Gasteiger partial charge in [-0.1, -0.05) is 77.3 Å². The standard InChI is InChI=1S/C30H39F5O4/c1-3-5-7-9-11-20-37-26-18-17-25(27(31)28(26)32)22-13-15-24(16-14-22)39-29(36)38-21-19-23(30(33,34)35)12-10-8-6-4-2/h13-18,23H,3-12,19-21H2,1-2H3. The Hall–Kier alpha value is -2.84. The summed E-state index contributed by atoms with van der Waals surface area (Å²) < 4.78 is 84.2. The Bertz CT molecular complexity index is 992. The number of carbonyl (C=O) groups excluding carboxylic acids is 1. The summed E-state index contributed by atoms with van der Waals surface area (Å²) in [5.74, 6) is -3.77. The van der Waals surface area contributed by atoms with E-state index in [1.165, 1.54) is 36.4 Å². The summed E-state index contributed by atoms with van der Waals surface area (Å²) >= 11 is 0. The van der Waals surface area contributed by atoms with Crippen LogP contribution in [0.5, 0.6) is 11.5 Å². The Morgan fingerprint density at radius 1 is 0.769 bits per heavy atom. The largest absolute Gasteiger partial charge is 0.513 e. The Morgan fingerprint density at radius 3 is 2.05 bits per heavy atom. The third kappa shape index (κ3) is 11.4. The molecule has 2 aromatic carbocycles. The third-order valence-electron chi connectivity index (χ3n) is 6.47. The van der Waals surface area contributed by atoms with Gasteiger partial charge in [0.1, 0.15) is 5.75 Å². The lowest BCUT2D eigenvalue weighted by molar-refractivity contribution is -0.180. The Morgan fingerprint density at radius 2 is 1.41 bits per heavy atom. The summed E-state index contributed by atoms with van der Waals surface area (Å²) in [5.41, 5.74) is 0.350. The predicted molar refractivity (Wildman–Crippen MR) is 141 cm³/mol. The quantitative estimate of drug-likeness (QED) is 0.0839. The molecule has 0 saturated carbocycles. The summed E-state index contributed by atoms with van der Waals surface area (Å²) in [6.45, 7) is 3.97. The first-order chi connectivity index (χ1) is 18.7. The molecule has 0 aliphatic rings. The molecule has 1 atom stereocenters. The first-order valence-electron chi connectivity index (χ1n) is 13.8. The maximum atomic E-state index is 14.7. The molecule has 0 aliphatic carbocycles. The van der Waals surface area contributed by atoms with Gasteiger partial charge in [-0.3, -0.25) is 0 Å². The van der Waals surface area contributed by atoms with Gasteiger partial charge in [-0.15, -0.1) is 0 Å². The summed E-state index contributed by atoms with van der Waals surface area (Å²) in [6, 6.07) is 8.38. The number of rotatable bonds is 17. The highest BCUT2D eigenvalue weighted by atomic mass is 19.4. The molecule has 0 heterocycles. The van der Waals surface area contributed by atoms with Crippen LogP contribution in [0.25, 0.3) is 11.1 Å². The van der Waals surface area contributed by atoms with Gasteiger partial charge in [0.2, 0.25) is 5.82 Å². The Kier molecular flexibility index (Phi) is 14.1. The van der Waals surface area contributed by atoms with Crippen molar-refractivity contribution in [3.8, 4) is 22.6 Å². The average molecular weight is 559 g/mol. The SMILES string of the molecule is CCCCCCCOc1ccc(-c2ccc(OC(=O)OCCC(CCCCCC)C(F)(F)F)cc2)c(F)c1F. The Balaban J connectivity index is 1.86. The van der Waals surface area contributed by atoms with Gasteiger partial charge in [0.25, 0.3) is 0 Å². The number of alkyl halides is 3. The van der Waals surface area contributed by atoms with Crippen molar-refractivity contribution in [2.24, 2.45) is 5.92 Å². The molecule has 0 amide bonds. The van der Waals surface area contributed by atoms with E-state index in [9.17, 15) is 26.7 Å². The summed E-state index contributed by atoms with van der Waals surface area (Å²) in [6.07, 6.45) is 2.21. The second kappa shape index (κ2) is 17.0. The van der Waals surface area contributed by atoms with Gasteiger partial charge in [-0.05, 0) is 49.1 Å². The molecule has 0 spiro atoms. The van der Waals surface area contributed by atoms with Crippen molar-refractivity contribution in [3.63, 3.8) is 0 Å². The fraction of sp³-hybridized carbons (Fsp3) is 0.567. The number of benzene rings is 2. The lowest BCUT2D eigenvalue weighted by atomic mass is 9.97. The lowest BCUT2D eigenvalue weighted by Gasteiger charge is -2.20. The molecule has 2 rings (SSSR count). The van der Waals surface area contributed by atoms with E-state index in [2.05, 4.69) is 6.92 Å². The van der Waals surface area contributed by atoms with E-state index in [1.807, 2.05) is 6.92 Å². The van der Waals surface area contributed by atoms with Crippen LogP contribution in [-0.4, -0.2) is 25.5 Å². The molecule has 0 N–H and O–H groups in total. The topological polar surface area (TPSA) is 44.8 Å². The van der Waals surface area contributed by atoms with Crippen molar-refractivity contribution in [3.05, 3.63) is 48.0 Å². The minimum absolute atomic E-state index is 0.00727. The zero-order valence-corrected chi connectivity index (χ0v) is 22.8. The zero-order chi connectivity index (χ0) is 28.7. The van der Waals surface area contributed by atoms with E-state index in [-0.39, 0.29) is 29.9 Å². The van der Waals surface area contributed by atoms with Crippen molar-refractivity contribution < 1.29 is 41.0 Å². The van der Waals surface area contributed by atoms with E-state index in [0.29, 0.717) is 18.6 Å². The first kappa shape index (κ1) is 32.4. The van der Waals surface area contributed by atoms with Crippen molar-refractivity contribution in [2.45, 2.75) is 90.7 Å². The molecule has 0 aliphatic heterocycles. The maximum Gasteiger partial charge on any atom is 0.513 e. The normalized spacial score (nSPS) is 12.3. The molecule has 218 valence electrons. The van der Waals surface area contributed by atoms with Crippen molar-refractivity contribution in [1.82, 2.24) is 0 Å². The number of hydrogen-bond acceptors (Lipinski definition) is 4. The second-order valence-corrected chi connectivity index (χ2v) is 9.60. The molecule has 9 heteroatoms. The predicted octanol–water partition coefficient (Wildman–Crippen LogP) is 10.0. The second-order valence-electron chi connectivity index (χ2n) is 9.60. The van der Waals surface area contributed by atoms with Crippen LogP contribution in [0.2, 0.25) is 0 Å². The maximum absolute atomic E-state index is 14.7. The highest BCUT2D eigenvalue weighted by Crippen LogP contribution is 2.33. The molecule has 0 radical (unpaired) electrons. The fourth-order valence-corrected chi connectivity index (χ4v) is 4.16. The minimum Gasteiger partial charge on any atom is -0.490 e. The van der Waals surface area contributed by atoms with Gasteiger partial charge in [-0.25, -0.2) is 9.18 Å². The summed E-state index contributed by atoms with van der Waals surface area (Å²) in [4.78, 5) is 11.9. The van der Waals surface area contributed by atoms with Gasteiger partial charge in [0, 0.05) is 5.56 Å². The highest BCUT2D eigenvalue weighted by Gasteiger charge is 2.38. The van der Waals surface area contributed by atoms with Gasteiger partial charge >= 0.3 is 12.3 Å². The van der Waals surface area contributed by atoms with E-state index in [1.54, 1.807) is 0 Å². The van der Waals surface area contributed by atoms with Crippen molar-refractivity contribution in [1.29, 1.82) is 0 Å². The highest BCUT2D eigenvalue weighted by molar-refractivity contribution is 5.68. The van der Waals surface area contributed by atoms with Crippen LogP contribution in [0.1, 0.15) is 84.5 Å². The van der Waals surface area contributed by atoms with E-state index >= 15 is 0 Å². The molecule has 2 aromatic rings. The van der Waals surface area contributed by atoms with E-state index in [0.717, 1.165) is 51.4 Å². The molecule has 1 unspecified atom stereocenters. The average Bonchev–Trinajstić information content (AvgIpc) is 2.90. The molecular formula is C30H39F5O4. The monoisotopic (exact) mass is 558 g/mol. The molecule has 0 bridgehead atoms. The fourth-order valence-electron chi connectivity index (χ4n) is 4.16. The van der Waals surface area contributed by atoms with Gasteiger partial charge < -0.3 is 14.2 Å². The molecule has 0 aromatic heterocycles. The molecular weight excluding hydrogens is 519 g/mol. The van der Waals surface area contributed by atoms with Crippen LogP contribution in [0.4, 0.5) is 26.7 Å². The van der Waals surface area contributed by atoms with E-state index in [4.69, 9.17) is 14.2 Å². The van der Waals surface area contributed by atoms with Crippen molar-refractivity contribution >= 4 is 6.16 Å². The van der Waals surface area contributed by atoms with Crippen LogP contribution in [0.15, 0.2) is 36.4 Å². The first-order valence-corrected chi connectivity index (χ1v) is 13.8. The smallest absolute Gasteiger partial charge is 0.490 e. The van der Waals surface area contributed by atoms with Crippen LogP contribution < -0.4 is 9.47 Å². The molecule has 0 fully saturated rings. The third-order valence-corrected chi connectivity index (χ3v) is 6.47. The van der Waals surface area contributed by atoms with Gasteiger partial charge in [0.15, 0.2) is 11.6 Å². The lowest BCUT2D eigenvalue weighted by Crippen LogP contribution is -2.25. The summed E-state index contributed by atoms with van der Waals surface area (Å²) in [5, 5.41) is 0. The summed E-state index contributed by atoms with van der Waals surface area (Å²) in [7, 11) is 0. The van der Waals surface area contributed by atoms with Gasteiger partial charge in [0.05, 0.1) is 19.1 Å². The van der Waals surface area contributed by atoms with E-state index < -0.39 is 36.5 Å². The Labute approximate surface area is 227 Å². The molecule has 4 nitrogen and oxygen atoms in total. The number of unbranched alkanes of at least 4 members (excludes halogenated alkanes) is 7. The number of carbonyl (C=O) groups is 1. The number of ether oxygens (including phenoxy) is 3. The van der Waals surface area contributed by atoms with Crippen LogP contribution >= 0.6 is 0 Å². The van der Waals surface area contributed by atoms with Gasteiger partial charge in [-0.2, -0.15) is 17.6 Å². The molecule has 0 saturated heterocycles. The molecule has 39 heavy (non-hydrogen) atoms. The number of hydrogen-bond donors (Lipinski definition) is 0. The van der Waals surface area contributed by atoms with Crippen molar-refractivity contribution in [2.75, 3.05) is 13.2 Å². The van der Waals surface area contributed by atoms with Crippen LogP contribution in [0.3, 0.4) is 0 Å².